The molecule has 0 spiro atoms. The Morgan fingerprint density at radius 3 is 2.54 bits per heavy atom. The molecule has 72 valence electrons. The summed E-state index contributed by atoms with van der Waals surface area (Å²) in [6.07, 6.45) is 0. The fourth-order valence-electron chi connectivity index (χ4n) is 0.927. The topological polar surface area (TPSA) is 9.23 Å². The van der Waals surface area contributed by atoms with Crippen LogP contribution in [-0.2, 0) is 11.0 Å². The van der Waals surface area contributed by atoms with Gasteiger partial charge in [0.25, 0.3) is 0 Å². The molecule has 0 radical (unpaired) electrons. The van der Waals surface area contributed by atoms with Crippen LogP contribution >= 0.6 is 15.9 Å². The van der Waals surface area contributed by atoms with E-state index in [1.807, 2.05) is 12.1 Å². The first-order valence-corrected chi connectivity index (χ1v) is 8.56. The normalized spacial score (nSPS) is 11.7. The Balaban J connectivity index is 2.55. The number of halogens is 1. The van der Waals surface area contributed by atoms with Crippen molar-refractivity contribution in [2.45, 2.75) is 26.2 Å². The fraction of sp³-hybridized carbons (Fsp3) is 0.400. The van der Waals surface area contributed by atoms with Gasteiger partial charge in [-0.1, -0.05) is 28.1 Å². The first kappa shape index (κ1) is 11.0. The Bertz CT molecular complexity index is 280. The Labute approximate surface area is 89.4 Å². The average molecular weight is 259 g/mol. The zero-order valence-corrected chi connectivity index (χ0v) is 10.9. The van der Waals surface area contributed by atoms with Crippen LogP contribution in [0.3, 0.4) is 0 Å². The lowest BCUT2D eigenvalue weighted by Gasteiger charge is -2.17. The van der Waals surface area contributed by atoms with Crippen LogP contribution in [0.25, 0.3) is 0 Å². The number of hydrogen-bond donors (Lipinski definition) is 0. The van der Waals surface area contributed by atoms with E-state index in [2.05, 4.69) is 47.7 Å². The first-order valence-electron chi connectivity index (χ1n) is 4.36. The van der Waals surface area contributed by atoms with Crippen LogP contribution in [0.4, 0.5) is 0 Å². The lowest BCUT2D eigenvalue weighted by atomic mass is 10.2. The Morgan fingerprint density at radius 1 is 1.31 bits per heavy atom. The van der Waals surface area contributed by atoms with Crippen molar-refractivity contribution in [3.05, 3.63) is 34.3 Å². The lowest BCUT2D eigenvalue weighted by molar-refractivity contribution is 0.299. The largest absolute Gasteiger partial charge is 0.413 e. The summed E-state index contributed by atoms with van der Waals surface area (Å²) < 4.78 is 6.90. The Morgan fingerprint density at radius 2 is 2.00 bits per heavy atom. The van der Waals surface area contributed by atoms with E-state index in [-0.39, 0.29) is 0 Å². The molecule has 0 unspecified atom stereocenters. The van der Waals surface area contributed by atoms with Crippen LogP contribution in [-0.4, -0.2) is 8.32 Å². The highest BCUT2D eigenvalue weighted by Gasteiger charge is 2.13. The third-order valence-electron chi connectivity index (χ3n) is 1.56. The third-order valence-corrected chi connectivity index (χ3v) is 3.06. The second kappa shape index (κ2) is 4.40. The van der Waals surface area contributed by atoms with Gasteiger partial charge in [0, 0.05) is 4.47 Å². The van der Waals surface area contributed by atoms with E-state index in [1.165, 1.54) is 5.56 Å². The Kier molecular flexibility index (Phi) is 3.70. The molecule has 0 aliphatic carbocycles. The minimum atomic E-state index is -1.37. The van der Waals surface area contributed by atoms with Crippen LogP contribution in [0.15, 0.2) is 28.7 Å². The van der Waals surface area contributed by atoms with Gasteiger partial charge in [-0.3, -0.25) is 0 Å². The van der Waals surface area contributed by atoms with E-state index in [0.29, 0.717) is 0 Å². The van der Waals surface area contributed by atoms with Gasteiger partial charge in [0.05, 0.1) is 6.61 Å². The van der Waals surface area contributed by atoms with E-state index < -0.39 is 8.32 Å². The summed E-state index contributed by atoms with van der Waals surface area (Å²) in [5, 5.41) is 0. The molecule has 0 saturated heterocycles. The van der Waals surface area contributed by atoms with Gasteiger partial charge in [-0.2, -0.15) is 0 Å². The summed E-state index contributed by atoms with van der Waals surface area (Å²) in [6.45, 7) is 7.33. The van der Waals surface area contributed by atoms with Crippen LogP contribution in [0, 0.1) is 0 Å². The van der Waals surface area contributed by atoms with Gasteiger partial charge in [-0.05, 0) is 37.3 Å². The van der Waals surface area contributed by atoms with E-state index >= 15 is 0 Å². The third kappa shape index (κ3) is 4.60. The molecule has 0 aliphatic rings. The average Bonchev–Trinajstić information content (AvgIpc) is 2.00. The monoisotopic (exact) mass is 258 g/mol. The standard InChI is InChI=1S/C10H15BrOSi/c1-13(2,3)12-8-9-5-4-6-10(11)7-9/h4-7H,8H2,1-3H3. The van der Waals surface area contributed by atoms with Gasteiger partial charge >= 0.3 is 0 Å². The highest BCUT2D eigenvalue weighted by molar-refractivity contribution is 9.10. The van der Waals surface area contributed by atoms with Gasteiger partial charge in [-0.15, -0.1) is 0 Å². The minimum Gasteiger partial charge on any atom is -0.413 e. The van der Waals surface area contributed by atoms with E-state index in [9.17, 15) is 0 Å². The van der Waals surface area contributed by atoms with Crippen molar-refractivity contribution < 1.29 is 4.43 Å². The highest BCUT2D eigenvalue weighted by atomic mass is 79.9. The lowest BCUT2D eigenvalue weighted by Crippen LogP contribution is -2.24. The Hall–Kier alpha value is -0.123. The summed E-state index contributed by atoms with van der Waals surface area (Å²) in [4.78, 5) is 0. The molecule has 0 bridgehead atoms. The minimum absolute atomic E-state index is 0.731. The molecule has 0 saturated carbocycles. The van der Waals surface area contributed by atoms with Crippen molar-refractivity contribution in [3.8, 4) is 0 Å². The van der Waals surface area contributed by atoms with Gasteiger partial charge in [-0.25, -0.2) is 0 Å². The molecule has 0 aliphatic heterocycles. The van der Waals surface area contributed by atoms with E-state index in [1.54, 1.807) is 0 Å². The molecule has 0 aromatic heterocycles. The maximum absolute atomic E-state index is 5.79. The zero-order chi connectivity index (χ0) is 9.90. The molecule has 13 heavy (non-hydrogen) atoms. The highest BCUT2D eigenvalue weighted by Crippen LogP contribution is 2.14. The molecule has 3 heteroatoms. The van der Waals surface area contributed by atoms with Crippen LogP contribution in [0.5, 0.6) is 0 Å². The second-order valence-electron chi connectivity index (χ2n) is 4.03. The van der Waals surface area contributed by atoms with Crippen molar-refractivity contribution in [2.75, 3.05) is 0 Å². The molecule has 0 atom stereocenters. The maximum Gasteiger partial charge on any atom is 0.184 e. The molecule has 0 heterocycles. The van der Waals surface area contributed by atoms with E-state index in [0.717, 1.165) is 11.1 Å². The van der Waals surface area contributed by atoms with Crippen molar-refractivity contribution >= 4 is 24.2 Å². The second-order valence-corrected chi connectivity index (χ2v) is 9.46. The van der Waals surface area contributed by atoms with Crippen molar-refractivity contribution in [1.82, 2.24) is 0 Å². The molecule has 0 amide bonds. The molecule has 1 aromatic rings. The molecular formula is C10H15BrOSi. The first-order chi connectivity index (χ1) is 5.97. The smallest absolute Gasteiger partial charge is 0.184 e. The van der Waals surface area contributed by atoms with Crippen LogP contribution in [0.1, 0.15) is 5.56 Å². The maximum atomic E-state index is 5.79. The summed E-state index contributed by atoms with van der Waals surface area (Å²) >= 11 is 3.44. The van der Waals surface area contributed by atoms with Gasteiger partial charge in [0.1, 0.15) is 0 Å². The van der Waals surface area contributed by atoms with E-state index in [4.69, 9.17) is 4.43 Å². The number of hydrogen-bond acceptors (Lipinski definition) is 1. The van der Waals surface area contributed by atoms with Gasteiger partial charge in [0.15, 0.2) is 8.32 Å². The summed E-state index contributed by atoms with van der Waals surface area (Å²) in [5.41, 5.74) is 1.23. The van der Waals surface area contributed by atoms with Crippen molar-refractivity contribution in [2.24, 2.45) is 0 Å². The molecule has 0 fully saturated rings. The fourth-order valence-corrected chi connectivity index (χ4v) is 1.97. The molecule has 1 nitrogen and oxygen atoms in total. The van der Waals surface area contributed by atoms with Crippen LogP contribution < -0.4 is 0 Å². The quantitative estimate of drug-likeness (QED) is 0.750. The van der Waals surface area contributed by atoms with Crippen molar-refractivity contribution in [3.63, 3.8) is 0 Å². The molecular weight excluding hydrogens is 244 g/mol. The molecule has 0 N–H and O–H groups in total. The predicted octanol–water partition coefficient (Wildman–Crippen LogP) is 3.80. The predicted molar refractivity (Wildman–Crippen MR) is 62.3 cm³/mol. The summed E-state index contributed by atoms with van der Waals surface area (Å²) in [6, 6.07) is 8.25. The number of rotatable bonds is 3. The zero-order valence-electron chi connectivity index (χ0n) is 8.30. The molecule has 1 aromatic carbocycles. The van der Waals surface area contributed by atoms with Gasteiger partial charge in [0.2, 0.25) is 0 Å². The van der Waals surface area contributed by atoms with Crippen molar-refractivity contribution in [1.29, 1.82) is 0 Å². The SMILES string of the molecule is C[Si](C)(C)OCc1cccc(Br)c1. The summed E-state index contributed by atoms with van der Waals surface area (Å²) in [5.74, 6) is 0. The van der Waals surface area contributed by atoms with Crippen LogP contribution in [0.2, 0.25) is 19.6 Å². The van der Waals surface area contributed by atoms with Gasteiger partial charge < -0.3 is 4.43 Å². The number of benzene rings is 1. The molecule has 1 rings (SSSR count). The summed E-state index contributed by atoms with van der Waals surface area (Å²) in [7, 11) is -1.37.